The highest BCUT2D eigenvalue weighted by molar-refractivity contribution is 4.90. The van der Waals surface area contributed by atoms with Crippen molar-refractivity contribution in [3.63, 3.8) is 0 Å². The van der Waals surface area contributed by atoms with Gasteiger partial charge in [0.25, 0.3) is 0 Å². The van der Waals surface area contributed by atoms with Gasteiger partial charge in [-0.1, -0.05) is 12.2 Å². The molecule has 0 spiro atoms. The van der Waals surface area contributed by atoms with E-state index in [1.165, 1.54) is 13.0 Å². The first-order valence-electron chi connectivity index (χ1n) is 4.42. The van der Waals surface area contributed by atoms with Crippen LogP contribution in [0.3, 0.4) is 0 Å². The van der Waals surface area contributed by atoms with Crippen molar-refractivity contribution in [1.82, 2.24) is 4.90 Å². The Morgan fingerprint density at radius 3 is 2.91 bits per heavy atom. The summed E-state index contributed by atoms with van der Waals surface area (Å²) in [6, 6.07) is 0.348. The number of rotatable bonds is 3. The maximum absolute atomic E-state index is 5.66. The first-order chi connectivity index (χ1) is 5.29. The van der Waals surface area contributed by atoms with Crippen LogP contribution in [0.2, 0.25) is 0 Å². The van der Waals surface area contributed by atoms with E-state index in [0.717, 1.165) is 19.5 Å². The molecule has 11 heavy (non-hydrogen) atoms. The Kier molecular flexibility index (Phi) is 3.60. The lowest BCUT2D eigenvalue weighted by Crippen LogP contribution is -2.31. The number of hydrogen-bond acceptors (Lipinski definition) is 2. The van der Waals surface area contributed by atoms with Gasteiger partial charge in [-0.05, 0) is 26.3 Å². The van der Waals surface area contributed by atoms with Gasteiger partial charge in [0, 0.05) is 19.1 Å². The second kappa shape index (κ2) is 4.52. The van der Waals surface area contributed by atoms with Crippen molar-refractivity contribution < 1.29 is 0 Å². The fourth-order valence-corrected chi connectivity index (χ4v) is 1.28. The summed E-state index contributed by atoms with van der Waals surface area (Å²) < 4.78 is 0. The predicted octanol–water partition coefficient (Wildman–Crippen LogP) is 0.986. The van der Waals surface area contributed by atoms with Crippen molar-refractivity contribution in [3.05, 3.63) is 12.2 Å². The second-order valence-electron chi connectivity index (χ2n) is 3.33. The van der Waals surface area contributed by atoms with Crippen molar-refractivity contribution in [2.75, 3.05) is 19.6 Å². The van der Waals surface area contributed by atoms with Gasteiger partial charge in [-0.2, -0.15) is 0 Å². The minimum absolute atomic E-state index is 0.348. The van der Waals surface area contributed by atoms with E-state index in [0.29, 0.717) is 6.04 Å². The Labute approximate surface area is 69.1 Å². The van der Waals surface area contributed by atoms with Gasteiger partial charge in [0.1, 0.15) is 0 Å². The molecule has 1 unspecified atom stereocenters. The van der Waals surface area contributed by atoms with Gasteiger partial charge in [-0.15, -0.1) is 0 Å². The highest BCUT2D eigenvalue weighted by Gasteiger charge is 2.05. The van der Waals surface area contributed by atoms with Gasteiger partial charge in [-0.25, -0.2) is 0 Å². The van der Waals surface area contributed by atoms with Crippen LogP contribution in [0.15, 0.2) is 12.2 Å². The average molecular weight is 154 g/mol. The maximum Gasteiger partial charge on any atom is 0.0163 e. The lowest BCUT2D eigenvalue weighted by molar-refractivity contribution is 0.288. The van der Waals surface area contributed by atoms with E-state index in [1.54, 1.807) is 0 Å². The quantitative estimate of drug-likeness (QED) is 0.614. The fraction of sp³-hybridized carbons (Fsp3) is 0.778. The zero-order chi connectivity index (χ0) is 8.10. The maximum atomic E-state index is 5.66. The van der Waals surface area contributed by atoms with Crippen molar-refractivity contribution in [2.24, 2.45) is 5.73 Å². The molecule has 0 fully saturated rings. The van der Waals surface area contributed by atoms with Crippen LogP contribution in [0.4, 0.5) is 0 Å². The molecule has 0 aliphatic carbocycles. The molecule has 0 saturated heterocycles. The van der Waals surface area contributed by atoms with Crippen LogP contribution >= 0.6 is 0 Å². The molecule has 0 aromatic carbocycles. The molecule has 2 N–H and O–H groups in total. The molecular formula is C9H18N2. The smallest absolute Gasteiger partial charge is 0.0163 e. The van der Waals surface area contributed by atoms with E-state index in [-0.39, 0.29) is 0 Å². The van der Waals surface area contributed by atoms with E-state index in [9.17, 15) is 0 Å². The molecule has 1 aliphatic rings. The summed E-state index contributed by atoms with van der Waals surface area (Å²) in [5.41, 5.74) is 5.66. The number of nitrogens with zero attached hydrogens (tertiary/aromatic N) is 1. The van der Waals surface area contributed by atoms with Gasteiger partial charge in [0.05, 0.1) is 0 Å². The Morgan fingerprint density at radius 1 is 1.55 bits per heavy atom. The Bertz CT molecular complexity index is 130. The topological polar surface area (TPSA) is 29.3 Å². The van der Waals surface area contributed by atoms with Gasteiger partial charge in [0.15, 0.2) is 0 Å². The molecule has 1 heterocycles. The summed E-state index contributed by atoms with van der Waals surface area (Å²) in [5, 5.41) is 0. The molecule has 0 saturated carbocycles. The SMILES string of the molecule is CC(N)CCN1CC=CCC1. The van der Waals surface area contributed by atoms with Gasteiger partial charge >= 0.3 is 0 Å². The van der Waals surface area contributed by atoms with E-state index in [4.69, 9.17) is 5.73 Å². The molecule has 64 valence electrons. The first kappa shape index (κ1) is 8.75. The number of hydrogen-bond donors (Lipinski definition) is 1. The number of nitrogens with two attached hydrogens (primary N) is 1. The summed E-state index contributed by atoms with van der Waals surface area (Å²) in [7, 11) is 0. The third-order valence-corrected chi connectivity index (χ3v) is 2.04. The van der Waals surface area contributed by atoms with Gasteiger partial charge < -0.3 is 5.73 Å². The summed E-state index contributed by atoms with van der Waals surface area (Å²) in [5.74, 6) is 0. The molecule has 2 heteroatoms. The minimum atomic E-state index is 0.348. The molecule has 0 bridgehead atoms. The minimum Gasteiger partial charge on any atom is -0.328 e. The van der Waals surface area contributed by atoms with Gasteiger partial charge in [-0.3, -0.25) is 4.90 Å². The fourth-order valence-electron chi connectivity index (χ4n) is 1.28. The lowest BCUT2D eigenvalue weighted by atomic mass is 10.2. The normalized spacial score (nSPS) is 22.0. The zero-order valence-corrected chi connectivity index (χ0v) is 7.29. The third-order valence-electron chi connectivity index (χ3n) is 2.04. The van der Waals surface area contributed by atoms with Gasteiger partial charge in [0.2, 0.25) is 0 Å². The Morgan fingerprint density at radius 2 is 2.36 bits per heavy atom. The average Bonchev–Trinajstić information content (AvgIpc) is 2.03. The molecule has 1 atom stereocenters. The van der Waals surface area contributed by atoms with Crippen LogP contribution in [-0.2, 0) is 0 Å². The van der Waals surface area contributed by atoms with Crippen molar-refractivity contribution in [2.45, 2.75) is 25.8 Å². The predicted molar refractivity (Wildman–Crippen MR) is 48.5 cm³/mol. The van der Waals surface area contributed by atoms with Crippen LogP contribution in [0.1, 0.15) is 19.8 Å². The van der Waals surface area contributed by atoms with E-state index >= 15 is 0 Å². The Hall–Kier alpha value is -0.340. The second-order valence-corrected chi connectivity index (χ2v) is 3.33. The van der Waals surface area contributed by atoms with Crippen molar-refractivity contribution >= 4 is 0 Å². The van der Waals surface area contributed by atoms with Crippen LogP contribution in [0, 0.1) is 0 Å². The lowest BCUT2D eigenvalue weighted by Gasteiger charge is -2.23. The molecular weight excluding hydrogens is 136 g/mol. The zero-order valence-electron chi connectivity index (χ0n) is 7.29. The summed E-state index contributed by atoms with van der Waals surface area (Å²) in [6.45, 7) is 5.55. The molecule has 0 radical (unpaired) electrons. The van der Waals surface area contributed by atoms with Crippen LogP contribution < -0.4 is 5.73 Å². The Balaban J connectivity index is 2.11. The van der Waals surface area contributed by atoms with E-state index in [1.807, 2.05) is 0 Å². The molecule has 0 aromatic rings. The molecule has 0 aromatic heterocycles. The third kappa shape index (κ3) is 3.54. The highest BCUT2D eigenvalue weighted by Crippen LogP contribution is 2.02. The summed E-state index contributed by atoms with van der Waals surface area (Å²) in [4.78, 5) is 2.45. The van der Waals surface area contributed by atoms with Crippen LogP contribution in [0.5, 0.6) is 0 Å². The van der Waals surface area contributed by atoms with E-state index in [2.05, 4.69) is 24.0 Å². The van der Waals surface area contributed by atoms with Crippen molar-refractivity contribution in [1.29, 1.82) is 0 Å². The summed E-state index contributed by atoms with van der Waals surface area (Å²) in [6.07, 6.45) is 6.82. The molecule has 1 aliphatic heterocycles. The molecule has 0 amide bonds. The van der Waals surface area contributed by atoms with Crippen LogP contribution in [0.25, 0.3) is 0 Å². The highest BCUT2D eigenvalue weighted by atomic mass is 15.1. The monoisotopic (exact) mass is 154 g/mol. The molecule has 2 nitrogen and oxygen atoms in total. The molecule has 1 rings (SSSR count). The standard InChI is InChI=1S/C9H18N2/c1-9(10)5-8-11-6-3-2-4-7-11/h2-3,9H,4-8,10H2,1H3. The largest absolute Gasteiger partial charge is 0.328 e. The first-order valence-corrected chi connectivity index (χ1v) is 4.42. The van der Waals surface area contributed by atoms with Crippen LogP contribution in [-0.4, -0.2) is 30.6 Å². The van der Waals surface area contributed by atoms with Crippen molar-refractivity contribution in [3.8, 4) is 0 Å². The van der Waals surface area contributed by atoms with E-state index < -0.39 is 0 Å². The summed E-state index contributed by atoms with van der Waals surface area (Å²) >= 11 is 0.